The molecule has 0 aliphatic heterocycles. The third-order valence-electron chi connectivity index (χ3n) is 1.81. The van der Waals surface area contributed by atoms with Crippen molar-refractivity contribution >= 4 is 18.3 Å². The predicted molar refractivity (Wildman–Crippen MR) is 57.7 cm³/mol. The molecule has 2 nitrogen and oxygen atoms in total. The van der Waals surface area contributed by atoms with Gasteiger partial charge in [0.2, 0.25) is 0 Å². The van der Waals surface area contributed by atoms with Crippen LogP contribution in [0.15, 0.2) is 30.1 Å². The Morgan fingerprint density at radius 3 is 2.50 bits per heavy atom. The Kier molecular flexibility index (Phi) is 3.84. The van der Waals surface area contributed by atoms with Gasteiger partial charge in [-0.1, -0.05) is 11.8 Å². The number of hydrogen-bond donors (Lipinski definition) is 0. The minimum Gasteiger partial charge on any atom is -0.571 e. The molecule has 0 amide bonds. The van der Waals surface area contributed by atoms with Crippen molar-refractivity contribution in [2.45, 2.75) is 6.18 Å². The van der Waals surface area contributed by atoms with Gasteiger partial charge in [-0.05, 0) is 18.2 Å². The summed E-state index contributed by atoms with van der Waals surface area (Å²) < 4.78 is 36.7. The molecule has 0 aromatic carbocycles. The van der Waals surface area contributed by atoms with Crippen LogP contribution in [0.4, 0.5) is 13.2 Å². The Balaban J connectivity index is 0.00000128. The maximum atomic E-state index is 12.2. The fourth-order valence-corrected chi connectivity index (χ4v) is 1.97. The van der Waals surface area contributed by atoms with Gasteiger partial charge in [0.1, 0.15) is 25.0 Å². The van der Waals surface area contributed by atoms with E-state index in [1.165, 1.54) is 0 Å². The van der Waals surface area contributed by atoms with E-state index in [-0.39, 0.29) is 10.1 Å². The van der Waals surface area contributed by atoms with Crippen LogP contribution in [0.2, 0.25) is 0 Å². The van der Waals surface area contributed by atoms with Crippen molar-refractivity contribution in [3.05, 3.63) is 35.8 Å². The van der Waals surface area contributed by atoms with Gasteiger partial charge in [0.15, 0.2) is 0 Å². The normalized spacial score (nSPS) is 11.4. The second-order valence-corrected chi connectivity index (χ2v) is 4.05. The first kappa shape index (κ1) is 12.9. The topological polar surface area (TPSA) is 27.0 Å². The first-order valence-electron chi connectivity index (χ1n) is 4.12. The summed E-state index contributed by atoms with van der Waals surface area (Å²) in [6.45, 7) is 0. The van der Waals surface area contributed by atoms with Crippen molar-refractivity contribution in [2.24, 2.45) is 0 Å². The van der Waals surface area contributed by atoms with Gasteiger partial charge in [0.25, 0.3) is 0 Å². The molecular formula is C9H6BeF3N2P+2. The summed E-state index contributed by atoms with van der Waals surface area (Å²) in [4.78, 5) is 0. The Hall–Kier alpha value is -1.18. The molecule has 1 unspecified atom stereocenters. The van der Waals surface area contributed by atoms with Crippen LogP contribution in [0.5, 0.6) is 0 Å². The van der Waals surface area contributed by atoms with Gasteiger partial charge >= 0.3 is 16.3 Å². The molecule has 78 valence electrons. The van der Waals surface area contributed by atoms with Gasteiger partial charge < -0.3 is 10.2 Å². The second-order valence-electron chi connectivity index (χ2n) is 2.89. The number of hydrogen-bond acceptors (Lipinski definition) is 1. The summed E-state index contributed by atoms with van der Waals surface area (Å²) in [5.41, 5.74) is -0.626. The molecule has 0 aliphatic rings. The first-order valence-corrected chi connectivity index (χ1v) is 5.20. The van der Waals surface area contributed by atoms with Crippen LogP contribution in [0, 0.1) is 0 Å². The quantitative estimate of drug-likeness (QED) is 0.715. The molecule has 0 radical (unpaired) electrons. The van der Waals surface area contributed by atoms with Crippen molar-refractivity contribution in [1.29, 1.82) is 0 Å². The zero-order chi connectivity index (χ0) is 10.9. The molecule has 16 heavy (non-hydrogen) atoms. The fraction of sp³-hybridized carbons (Fsp3) is 0.111. The Morgan fingerprint density at radius 1 is 1.25 bits per heavy atom. The fourth-order valence-electron chi connectivity index (χ4n) is 1.12. The number of alkyl halides is 3. The second kappa shape index (κ2) is 4.77. The summed E-state index contributed by atoms with van der Waals surface area (Å²) in [7, 11) is 0.346. The molecule has 0 fully saturated rings. The molecule has 7 heteroatoms. The van der Waals surface area contributed by atoms with E-state index < -0.39 is 11.9 Å². The van der Waals surface area contributed by atoms with E-state index in [0.717, 1.165) is 11.4 Å². The molecule has 0 spiro atoms. The van der Waals surface area contributed by atoms with E-state index in [1.807, 2.05) is 11.9 Å². The predicted octanol–water partition coefficient (Wildman–Crippen LogP) is 2.66. The van der Waals surface area contributed by atoms with Gasteiger partial charge in [0.05, 0.1) is 0 Å². The van der Waals surface area contributed by atoms with Gasteiger partial charge in [-0.2, -0.15) is 13.2 Å². The van der Waals surface area contributed by atoms with Crippen LogP contribution < -0.4 is 5.10 Å². The van der Waals surface area contributed by atoms with Crippen LogP contribution in [0.25, 0.3) is 11.0 Å². The molecule has 2 rings (SSSR count). The average Bonchev–Trinajstić information content (AvgIpc) is 2.67. The van der Waals surface area contributed by atoms with Crippen molar-refractivity contribution in [1.82, 2.24) is 10.2 Å². The Bertz CT molecular complexity index is 455. The summed E-state index contributed by atoms with van der Waals surface area (Å²) in [5.74, 6) is 1.89. The van der Waals surface area contributed by atoms with Crippen LogP contribution in [-0.4, -0.2) is 15.2 Å². The van der Waals surface area contributed by atoms with Crippen molar-refractivity contribution in [3.63, 3.8) is 0 Å². The summed E-state index contributed by atoms with van der Waals surface area (Å²) >= 11 is 0. The summed E-state index contributed by atoms with van der Waals surface area (Å²) in [6, 6.07) is 6.35. The first-order chi connectivity index (χ1) is 7.07. The molecule has 0 saturated carbocycles. The van der Waals surface area contributed by atoms with E-state index >= 15 is 0 Å². The molecule has 2 aromatic rings. The van der Waals surface area contributed by atoms with Crippen LogP contribution >= 0.6 is 8.19 Å². The average molecular weight is 239 g/mol. The molecule has 0 saturated heterocycles. The zero-order valence-corrected chi connectivity index (χ0v) is 9.12. The molecule has 0 N–H and O–H groups in total. The number of rotatable bonds is 1. The van der Waals surface area contributed by atoms with Crippen LogP contribution in [-0.2, 0) is 6.18 Å². The van der Waals surface area contributed by atoms with E-state index in [4.69, 9.17) is 0 Å². The van der Waals surface area contributed by atoms with Crippen molar-refractivity contribution in [3.8, 4) is 11.0 Å². The van der Waals surface area contributed by atoms with Crippen molar-refractivity contribution in [2.75, 3.05) is 0 Å². The maximum absolute atomic E-state index is 12.2. The van der Waals surface area contributed by atoms with Gasteiger partial charge in [-0.25, -0.2) is 0 Å². The van der Waals surface area contributed by atoms with E-state index in [9.17, 15) is 13.2 Å². The van der Waals surface area contributed by atoms with E-state index in [0.29, 0.717) is 13.9 Å². The smallest absolute Gasteiger partial charge is 0.571 e. The summed E-state index contributed by atoms with van der Waals surface area (Å²) in [5, 5.41) is 7.41. The van der Waals surface area contributed by atoms with E-state index in [1.54, 1.807) is 12.1 Å². The molecular weight excluding hydrogens is 233 g/mol. The summed E-state index contributed by atoms with van der Waals surface area (Å²) in [6.07, 6.45) is -4.41. The third-order valence-corrected chi connectivity index (χ3v) is 2.91. The monoisotopic (exact) mass is 239 g/mol. The standard InChI is InChI=1S/C9H5F3N2P.Be/c10-9(11,12)8-5-6(13-14-8)7-3-1-2-4-15-7;/h1-5H;/q-1;+2/p+1. The zero-order valence-electron chi connectivity index (χ0n) is 8.12. The SMILES string of the molecule is FC(F)(F)c1cc(-c2cccc[pH+]2)[n-]n1.[Be+2]. The van der Waals surface area contributed by atoms with Crippen LogP contribution in [0.1, 0.15) is 5.69 Å². The van der Waals surface area contributed by atoms with Crippen molar-refractivity contribution < 1.29 is 13.2 Å². The van der Waals surface area contributed by atoms with Gasteiger partial charge in [-0.15, -0.1) is 0 Å². The number of aromatic nitrogens is 2. The minimum atomic E-state index is -4.41. The third kappa shape index (κ3) is 2.69. The molecule has 1 atom stereocenters. The molecule has 0 bridgehead atoms. The number of halogens is 3. The molecule has 2 aromatic heterocycles. The Morgan fingerprint density at radius 2 is 2.00 bits per heavy atom. The Labute approximate surface area is 95.2 Å². The van der Waals surface area contributed by atoms with E-state index in [2.05, 4.69) is 10.2 Å². The largest absolute Gasteiger partial charge is 2.00 e. The molecule has 2 heterocycles. The maximum Gasteiger partial charge on any atom is 2.00 e. The van der Waals surface area contributed by atoms with Gasteiger partial charge in [0, 0.05) is 0 Å². The van der Waals surface area contributed by atoms with Crippen LogP contribution in [0.3, 0.4) is 0 Å². The number of nitrogens with zero attached hydrogens (tertiary/aromatic N) is 2. The molecule has 0 aliphatic carbocycles. The van der Waals surface area contributed by atoms with Gasteiger partial charge in [-0.3, -0.25) is 0 Å². The minimum absolute atomic E-state index is 0.